The number of halogens is 4. The largest absolute Gasteiger partial charge is 0.476 e. The van der Waals surface area contributed by atoms with E-state index >= 15 is 0 Å². The maximum absolute atomic E-state index is 12.8. The minimum Gasteiger partial charge on any atom is -0.476 e. The molecule has 0 spiro atoms. The van der Waals surface area contributed by atoms with Gasteiger partial charge >= 0.3 is 12.1 Å². The Morgan fingerprint density at radius 2 is 1.79 bits per heavy atom. The number of carboxylic acid groups (broad SMARTS) is 1. The van der Waals surface area contributed by atoms with Crippen molar-refractivity contribution in [3.63, 3.8) is 0 Å². The SMILES string of the molecule is O=C(O)c1n[nH]c(C(F)(F)F)c1-c1ccc(F)cc1. The van der Waals surface area contributed by atoms with Gasteiger partial charge in [-0.25, -0.2) is 9.18 Å². The molecule has 0 saturated heterocycles. The summed E-state index contributed by atoms with van der Waals surface area (Å²) in [5.41, 5.74) is -2.74. The molecule has 0 aliphatic rings. The third-order valence-electron chi connectivity index (χ3n) is 2.39. The lowest BCUT2D eigenvalue weighted by Gasteiger charge is -2.07. The standard InChI is InChI=1S/C11H6F4N2O2/c12-6-3-1-5(2-4-6)7-8(10(18)19)16-17-9(7)11(13,14)15/h1-4H,(H,16,17)(H,18,19). The van der Waals surface area contributed by atoms with Crippen molar-refractivity contribution in [1.29, 1.82) is 0 Å². The molecule has 0 saturated carbocycles. The normalized spacial score (nSPS) is 11.6. The summed E-state index contributed by atoms with van der Waals surface area (Å²) in [6.07, 6.45) is -4.79. The average Bonchev–Trinajstić information content (AvgIpc) is 2.74. The summed E-state index contributed by atoms with van der Waals surface area (Å²) in [6.45, 7) is 0. The molecule has 19 heavy (non-hydrogen) atoms. The van der Waals surface area contributed by atoms with Gasteiger partial charge in [0.15, 0.2) is 5.69 Å². The summed E-state index contributed by atoms with van der Waals surface area (Å²) in [5.74, 6) is -2.25. The first kappa shape index (κ1) is 13.1. The molecule has 100 valence electrons. The van der Waals surface area contributed by atoms with Crippen molar-refractivity contribution >= 4 is 5.97 Å². The molecule has 2 aromatic rings. The van der Waals surface area contributed by atoms with Gasteiger partial charge in [-0.05, 0) is 17.7 Å². The number of nitrogens with zero attached hydrogens (tertiary/aromatic N) is 1. The van der Waals surface area contributed by atoms with Gasteiger partial charge in [0.05, 0.1) is 0 Å². The third kappa shape index (κ3) is 2.42. The second-order valence-corrected chi connectivity index (χ2v) is 3.63. The Labute approximate surface area is 103 Å². The molecular weight excluding hydrogens is 268 g/mol. The van der Waals surface area contributed by atoms with Crippen LogP contribution < -0.4 is 0 Å². The topological polar surface area (TPSA) is 66.0 Å². The molecule has 1 aromatic heterocycles. The summed E-state index contributed by atoms with van der Waals surface area (Å²) < 4.78 is 51.0. The van der Waals surface area contributed by atoms with E-state index in [0.29, 0.717) is 0 Å². The highest BCUT2D eigenvalue weighted by Gasteiger charge is 2.38. The van der Waals surface area contributed by atoms with Gasteiger partial charge in [0, 0.05) is 5.56 Å². The number of benzene rings is 1. The van der Waals surface area contributed by atoms with Crippen molar-refractivity contribution in [2.24, 2.45) is 0 Å². The van der Waals surface area contributed by atoms with Crippen molar-refractivity contribution in [2.75, 3.05) is 0 Å². The highest BCUT2D eigenvalue weighted by Crippen LogP contribution is 2.37. The van der Waals surface area contributed by atoms with Crippen LogP contribution >= 0.6 is 0 Å². The van der Waals surface area contributed by atoms with Crippen molar-refractivity contribution in [3.8, 4) is 11.1 Å². The van der Waals surface area contributed by atoms with E-state index < -0.39 is 34.9 Å². The first-order valence-corrected chi connectivity index (χ1v) is 4.95. The second-order valence-electron chi connectivity index (χ2n) is 3.63. The number of H-pyrrole nitrogens is 1. The Balaban J connectivity index is 2.68. The van der Waals surface area contributed by atoms with E-state index in [2.05, 4.69) is 5.10 Å². The summed E-state index contributed by atoms with van der Waals surface area (Å²) in [5, 5.41) is 13.6. The molecule has 0 bridgehead atoms. The van der Waals surface area contributed by atoms with Gasteiger partial charge in [-0.1, -0.05) is 12.1 Å². The van der Waals surface area contributed by atoms with E-state index in [1.165, 1.54) is 0 Å². The molecule has 0 aliphatic heterocycles. The molecule has 0 radical (unpaired) electrons. The number of rotatable bonds is 2. The molecule has 8 heteroatoms. The van der Waals surface area contributed by atoms with E-state index in [-0.39, 0.29) is 5.56 Å². The fourth-order valence-electron chi connectivity index (χ4n) is 1.60. The lowest BCUT2D eigenvalue weighted by molar-refractivity contribution is -0.140. The van der Waals surface area contributed by atoms with Crippen LogP contribution in [0.25, 0.3) is 11.1 Å². The zero-order valence-corrected chi connectivity index (χ0v) is 9.12. The van der Waals surface area contributed by atoms with E-state index in [0.717, 1.165) is 24.3 Å². The van der Waals surface area contributed by atoms with Crippen LogP contribution in [0.5, 0.6) is 0 Å². The van der Waals surface area contributed by atoms with Crippen LogP contribution in [0.1, 0.15) is 16.2 Å². The van der Waals surface area contributed by atoms with Gasteiger partial charge in [-0.2, -0.15) is 18.3 Å². The number of aromatic carboxylic acids is 1. The molecule has 1 heterocycles. The number of carboxylic acids is 1. The number of carbonyl (C=O) groups is 1. The molecule has 0 atom stereocenters. The molecule has 0 fully saturated rings. The molecule has 2 N–H and O–H groups in total. The summed E-state index contributed by atoms with van der Waals surface area (Å²) >= 11 is 0. The van der Waals surface area contributed by atoms with Crippen molar-refractivity contribution in [3.05, 3.63) is 41.5 Å². The number of hydrogen-bond acceptors (Lipinski definition) is 2. The highest BCUT2D eigenvalue weighted by molar-refractivity contribution is 5.94. The van der Waals surface area contributed by atoms with Crippen LogP contribution in [0.15, 0.2) is 24.3 Å². The molecule has 0 aliphatic carbocycles. The minimum absolute atomic E-state index is 0.0834. The number of aromatic nitrogens is 2. The van der Waals surface area contributed by atoms with E-state index in [4.69, 9.17) is 5.11 Å². The van der Waals surface area contributed by atoms with Crippen molar-refractivity contribution in [1.82, 2.24) is 10.2 Å². The van der Waals surface area contributed by atoms with Gasteiger partial charge in [0.25, 0.3) is 0 Å². The summed E-state index contributed by atoms with van der Waals surface area (Å²) in [7, 11) is 0. The Hall–Kier alpha value is -2.38. The number of hydrogen-bond donors (Lipinski definition) is 2. The Bertz CT molecular complexity index is 617. The van der Waals surface area contributed by atoms with E-state index in [9.17, 15) is 22.4 Å². The molecule has 2 rings (SSSR count). The Morgan fingerprint density at radius 1 is 1.21 bits per heavy atom. The summed E-state index contributed by atoms with van der Waals surface area (Å²) in [4.78, 5) is 10.9. The zero-order chi connectivity index (χ0) is 14.2. The molecular formula is C11H6F4N2O2. The van der Waals surface area contributed by atoms with Crippen LogP contribution in [0.4, 0.5) is 17.6 Å². The lowest BCUT2D eigenvalue weighted by Crippen LogP contribution is -2.08. The van der Waals surface area contributed by atoms with Gasteiger partial charge < -0.3 is 5.11 Å². The van der Waals surface area contributed by atoms with Gasteiger partial charge in [0.2, 0.25) is 0 Å². The number of nitrogens with one attached hydrogen (secondary N) is 1. The van der Waals surface area contributed by atoms with E-state index in [1.807, 2.05) is 0 Å². The lowest BCUT2D eigenvalue weighted by atomic mass is 10.0. The van der Waals surface area contributed by atoms with Gasteiger partial charge in [0.1, 0.15) is 11.5 Å². The molecule has 4 nitrogen and oxygen atoms in total. The predicted molar refractivity (Wildman–Crippen MR) is 55.9 cm³/mol. The minimum atomic E-state index is -4.79. The van der Waals surface area contributed by atoms with Crippen LogP contribution in [-0.2, 0) is 6.18 Å². The highest BCUT2D eigenvalue weighted by atomic mass is 19.4. The quantitative estimate of drug-likeness (QED) is 0.827. The van der Waals surface area contributed by atoms with Crippen LogP contribution in [-0.4, -0.2) is 21.3 Å². The van der Waals surface area contributed by atoms with Gasteiger partial charge in [-0.15, -0.1) is 0 Å². The first-order chi connectivity index (χ1) is 8.80. The maximum Gasteiger partial charge on any atom is 0.433 e. The first-order valence-electron chi connectivity index (χ1n) is 4.95. The average molecular weight is 274 g/mol. The molecule has 0 amide bonds. The third-order valence-corrected chi connectivity index (χ3v) is 2.39. The van der Waals surface area contributed by atoms with Crippen molar-refractivity contribution < 1.29 is 27.5 Å². The fourth-order valence-corrected chi connectivity index (χ4v) is 1.60. The van der Waals surface area contributed by atoms with Crippen LogP contribution in [0, 0.1) is 5.82 Å². The summed E-state index contributed by atoms with van der Waals surface area (Å²) in [6, 6.07) is 3.99. The van der Waals surface area contributed by atoms with E-state index in [1.54, 1.807) is 5.10 Å². The smallest absolute Gasteiger partial charge is 0.433 e. The zero-order valence-electron chi connectivity index (χ0n) is 9.12. The predicted octanol–water partition coefficient (Wildman–Crippen LogP) is 2.93. The Morgan fingerprint density at radius 3 is 2.26 bits per heavy atom. The molecule has 1 aromatic carbocycles. The maximum atomic E-state index is 12.8. The van der Waals surface area contributed by atoms with Crippen molar-refractivity contribution in [2.45, 2.75) is 6.18 Å². The molecule has 0 unspecified atom stereocenters. The van der Waals surface area contributed by atoms with Crippen LogP contribution in [0.2, 0.25) is 0 Å². The van der Waals surface area contributed by atoms with Gasteiger partial charge in [-0.3, -0.25) is 5.10 Å². The Kier molecular flexibility index (Phi) is 3.01. The number of alkyl halides is 3. The van der Waals surface area contributed by atoms with Crippen LogP contribution in [0.3, 0.4) is 0 Å². The fraction of sp³-hybridized carbons (Fsp3) is 0.0909. The monoisotopic (exact) mass is 274 g/mol. The second kappa shape index (κ2) is 4.38. The number of aromatic amines is 1.